The minimum absolute atomic E-state index is 0.787. The molecule has 2 rings (SSSR count). The molecule has 0 aliphatic heterocycles. The van der Waals surface area contributed by atoms with E-state index in [9.17, 15) is 0 Å². The second kappa shape index (κ2) is 6.52. The van der Waals surface area contributed by atoms with E-state index in [0.29, 0.717) is 0 Å². The van der Waals surface area contributed by atoms with Crippen LogP contribution in [0.5, 0.6) is 0 Å². The summed E-state index contributed by atoms with van der Waals surface area (Å²) < 4.78 is 7.32. The highest BCUT2D eigenvalue weighted by atomic mass is 16.5. The van der Waals surface area contributed by atoms with E-state index in [-0.39, 0.29) is 0 Å². The van der Waals surface area contributed by atoms with Gasteiger partial charge < -0.3 is 14.6 Å². The van der Waals surface area contributed by atoms with Crippen molar-refractivity contribution >= 4 is 11.0 Å². The number of aromatic nitrogens is 2. The maximum absolute atomic E-state index is 5.10. The fraction of sp³-hybridized carbons (Fsp3) is 0.500. The van der Waals surface area contributed by atoms with Gasteiger partial charge in [0.2, 0.25) is 0 Å². The van der Waals surface area contributed by atoms with Crippen LogP contribution in [0.3, 0.4) is 0 Å². The van der Waals surface area contributed by atoms with Crippen LogP contribution in [-0.2, 0) is 17.8 Å². The number of nitrogens with zero attached hydrogens (tertiary/aromatic N) is 2. The van der Waals surface area contributed by atoms with E-state index in [1.54, 1.807) is 7.11 Å². The Morgan fingerprint density at radius 1 is 1.44 bits per heavy atom. The van der Waals surface area contributed by atoms with Crippen LogP contribution in [0.1, 0.15) is 18.9 Å². The molecule has 0 atom stereocenters. The van der Waals surface area contributed by atoms with Gasteiger partial charge in [0.15, 0.2) is 0 Å². The molecule has 2 aromatic rings. The second-order valence-corrected chi connectivity index (χ2v) is 4.35. The molecular weight excluding hydrogens is 226 g/mol. The molecule has 0 bridgehead atoms. The average molecular weight is 247 g/mol. The van der Waals surface area contributed by atoms with E-state index in [0.717, 1.165) is 38.3 Å². The van der Waals surface area contributed by atoms with Gasteiger partial charge in [-0.05, 0) is 30.7 Å². The third-order valence-corrected chi connectivity index (χ3v) is 3.03. The quantitative estimate of drug-likeness (QED) is 0.762. The van der Waals surface area contributed by atoms with E-state index in [2.05, 4.69) is 34.1 Å². The zero-order valence-corrected chi connectivity index (χ0v) is 11.1. The minimum Gasteiger partial charge on any atom is -0.385 e. The Bertz CT molecular complexity index is 493. The van der Waals surface area contributed by atoms with Crippen LogP contribution in [-0.4, -0.2) is 29.8 Å². The van der Waals surface area contributed by atoms with Gasteiger partial charge in [-0.15, -0.1) is 0 Å². The lowest BCUT2D eigenvalue weighted by Gasteiger charge is -2.03. The van der Waals surface area contributed by atoms with Gasteiger partial charge in [0.1, 0.15) is 5.65 Å². The Hall–Kier alpha value is -1.39. The first-order valence-electron chi connectivity index (χ1n) is 6.49. The highest BCUT2D eigenvalue weighted by molar-refractivity contribution is 5.80. The highest BCUT2D eigenvalue weighted by Crippen LogP contribution is 2.19. The van der Waals surface area contributed by atoms with E-state index in [4.69, 9.17) is 4.74 Å². The van der Waals surface area contributed by atoms with Crippen molar-refractivity contribution in [1.29, 1.82) is 0 Å². The molecule has 0 aromatic carbocycles. The summed E-state index contributed by atoms with van der Waals surface area (Å²) in [7, 11) is 1.74. The van der Waals surface area contributed by atoms with Gasteiger partial charge in [-0.1, -0.05) is 6.92 Å². The van der Waals surface area contributed by atoms with E-state index in [1.807, 2.05) is 12.3 Å². The van der Waals surface area contributed by atoms with Crippen molar-refractivity contribution in [2.75, 3.05) is 20.3 Å². The Kier molecular flexibility index (Phi) is 4.73. The number of nitrogens with one attached hydrogen (secondary N) is 1. The maximum atomic E-state index is 5.10. The Morgan fingerprint density at radius 2 is 2.33 bits per heavy atom. The van der Waals surface area contributed by atoms with Crippen LogP contribution in [0.15, 0.2) is 24.5 Å². The molecular formula is C14H21N3O. The molecule has 0 aliphatic carbocycles. The summed E-state index contributed by atoms with van der Waals surface area (Å²) >= 11 is 0. The van der Waals surface area contributed by atoms with Crippen molar-refractivity contribution < 1.29 is 4.74 Å². The van der Waals surface area contributed by atoms with E-state index < -0.39 is 0 Å². The molecule has 4 heteroatoms. The Balaban J connectivity index is 2.23. The first-order chi connectivity index (χ1) is 8.86. The number of fused-ring (bicyclic) bond motifs is 1. The summed E-state index contributed by atoms with van der Waals surface area (Å²) in [6.07, 6.45) is 5.07. The number of rotatable bonds is 7. The summed E-state index contributed by atoms with van der Waals surface area (Å²) in [4.78, 5) is 4.48. The number of hydrogen-bond donors (Lipinski definition) is 1. The lowest BCUT2D eigenvalue weighted by atomic mass is 10.2. The molecule has 1 N–H and O–H groups in total. The van der Waals surface area contributed by atoms with Crippen LogP contribution < -0.4 is 5.32 Å². The first kappa shape index (κ1) is 13.1. The Labute approximate surface area is 108 Å². The molecule has 0 radical (unpaired) electrons. The fourth-order valence-corrected chi connectivity index (χ4v) is 2.15. The van der Waals surface area contributed by atoms with Gasteiger partial charge >= 0.3 is 0 Å². The highest BCUT2D eigenvalue weighted by Gasteiger charge is 2.08. The molecule has 0 amide bonds. The zero-order chi connectivity index (χ0) is 12.8. The average Bonchev–Trinajstić information content (AvgIpc) is 2.76. The molecule has 0 spiro atoms. The van der Waals surface area contributed by atoms with Crippen LogP contribution in [0.2, 0.25) is 0 Å². The third kappa shape index (κ3) is 2.89. The molecule has 0 fully saturated rings. The van der Waals surface area contributed by atoms with Crippen molar-refractivity contribution in [2.45, 2.75) is 26.4 Å². The minimum atomic E-state index is 0.787. The third-order valence-electron chi connectivity index (χ3n) is 3.03. The van der Waals surface area contributed by atoms with Gasteiger partial charge in [-0.25, -0.2) is 4.98 Å². The summed E-state index contributed by atoms with van der Waals surface area (Å²) in [5.41, 5.74) is 2.39. The van der Waals surface area contributed by atoms with Crippen LogP contribution in [0.4, 0.5) is 0 Å². The summed E-state index contributed by atoms with van der Waals surface area (Å²) in [6, 6.07) is 4.14. The zero-order valence-electron chi connectivity index (χ0n) is 11.1. The predicted octanol–water partition coefficient (Wildman–Crippen LogP) is 2.18. The van der Waals surface area contributed by atoms with Crippen molar-refractivity contribution in [3.63, 3.8) is 0 Å². The van der Waals surface area contributed by atoms with Crippen molar-refractivity contribution in [3.8, 4) is 0 Å². The molecule has 2 aromatic heterocycles. The first-order valence-corrected chi connectivity index (χ1v) is 6.49. The second-order valence-electron chi connectivity index (χ2n) is 4.35. The molecule has 4 nitrogen and oxygen atoms in total. The number of hydrogen-bond acceptors (Lipinski definition) is 3. The topological polar surface area (TPSA) is 39.1 Å². The molecule has 0 unspecified atom stereocenters. The summed E-state index contributed by atoms with van der Waals surface area (Å²) in [6.45, 7) is 5.74. The van der Waals surface area contributed by atoms with Crippen molar-refractivity contribution in [1.82, 2.24) is 14.9 Å². The number of methoxy groups -OCH3 is 1. The number of aryl methyl sites for hydroxylation is 1. The SMILES string of the molecule is CCNCc1cn(CCCOC)c2ncccc12. The van der Waals surface area contributed by atoms with Gasteiger partial charge in [0.25, 0.3) is 0 Å². The van der Waals surface area contributed by atoms with Gasteiger partial charge in [-0.2, -0.15) is 0 Å². The molecule has 18 heavy (non-hydrogen) atoms. The van der Waals surface area contributed by atoms with Gasteiger partial charge in [0, 0.05) is 44.6 Å². The lowest BCUT2D eigenvalue weighted by molar-refractivity contribution is 0.190. The normalized spacial score (nSPS) is 11.2. The largest absolute Gasteiger partial charge is 0.385 e. The van der Waals surface area contributed by atoms with Crippen LogP contribution >= 0.6 is 0 Å². The number of ether oxygens (including phenoxy) is 1. The predicted molar refractivity (Wildman–Crippen MR) is 73.6 cm³/mol. The summed E-state index contributed by atoms with van der Waals surface area (Å²) in [5, 5.41) is 4.62. The smallest absolute Gasteiger partial charge is 0.140 e. The standard InChI is InChI=1S/C14H21N3O/c1-3-15-10-12-11-17(8-5-9-18-2)14-13(12)6-4-7-16-14/h4,6-7,11,15H,3,5,8-10H2,1-2H3. The van der Waals surface area contributed by atoms with Crippen molar-refractivity contribution in [3.05, 3.63) is 30.1 Å². The molecule has 0 saturated carbocycles. The number of pyridine rings is 1. The Morgan fingerprint density at radius 3 is 3.11 bits per heavy atom. The lowest BCUT2D eigenvalue weighted by Crippen LogP contribution is -2.11. The molecule has 0 aliphatic rings. The van der Waals surface area contributed by atoms with E-state index in [1.165, 1.54) is 10.9 Å². The fourth-order valence-electron chi connectivity index (χ4n) is 2.15. The molecule has 0 saturated heterocycles. The van der Waals surface area contributed by atoms with Crippen LogP contribution in [0.25, 0.3) is 11.0 Å². The van der Waals surface area contributed by atoms with Gasteiger partial charge in [-0.3, -0.25) is 0 Å². The van der Waals surface area contributed by atoms with Crippen LogP contribution in [0, 0.1) is 0 Å². The maximum Gasteiger partial charge on any atom is 0.140 e. The van der Waals surface area contributed by atoms with Gasteiger partial charge in [0.05, 0.1) is 0 Å². The molecule has 2 heterocycles. The molecule has 98 valence electrons. The van der Waals surface area contributed by atoms with Crippen molar-refractivity contribution in [2.24, 2.45) is 0 Å². The van der Waals surface area contributed by atoms with E-state index >= 15 is 0 Å². The summed E-state index contributed by atoms with van der Waals surface area (Å²) in [5.74, 6) is 0. The monoisotopic (exact) mass is 247 g/mol.